The van der Waals surface area contributed by atoms with Crippen LogP contribution in [0, 0.1) is 0 Å². The van der Waals surface area contributed by atoms with Gasteiger partial charge < -0.3 is 14.7 Å². The van der Waals surface area contributed by atoms with Crippen molar-refractivity contribution in [2.45, 2.75) is 13.3 Å². The highest BCUT2D eigenvalue weighted by molar-refractivity contribution is 7.80. The molecule has 1 fully saturated rings. The summed E-state index contributed by atoms with van der Waals surface area (Å²) in [6, 6.07) is 9.67. The summed E-state index contributed by atoms with van der Waals surface area (Å²) < 4.78 is 0. The molecule has 0 bridgehead atoms. The van der Waals surface area contributed by atoms with E-state index in [1.54, 1.807) is 18.0 Å². The third-order valence-electron chi connectivity index (χ3n) is 5.13. The molecule has 1 N–H and O–H groups in total. The molecule has 0 saturated carbocycles. The van der Waals surface area contributed by atoms with E-state index in [9.17, 15) is 4.79 Å². The van der Waals surface area contributed by atoms with Gasteiger partial charge in [-0.1, -0.05) is 6.07 Å². The average Bonchev–Trinajstić information content (AvgIpc) is 2.77. The molecule has 0 spiro atoms. The van der Waals surface area contributed by atoms with Crippen molar-refractivity contribution in [1.82, 2.24) is 20.3 Å². The molecule has 0 aliphatic carbocycles. The maximum atomic E-state index is 11.9. The zero-order valence-corrected chi connectivity index (χ0v) is 17.1. The number of amides is 1. The Kier molecular flexibility index (Phi) is 5.66. The molecular weight excluding hydrogens is 386 g/mol. The summed E-state index contributed by atoms with van der Waals surface area (Å²) in [4.78, 5) is 26.8. The fourth-order valence-electron chi connectivity index (χ4n) is 3.59. The van der Waals surface area contributed by atoms with Crippen molar-refractivity contribution in [2.24, 2.45) is 5.10 Å². The van der Waals surface area contributed by atoms with E-state index >= 15 is 0 Å². The largest absolute Gasteiger partial charge is 0.353 e. The molecule has 4 heterocycles. The Balaban J connectivity index is 1.39. The van der Waals surface area contributed by atoms with Crippen LogP contribution in [-0.4, -0.2) is 64.3 Å². The standard InChI is InChI=1S/C20H23N7OS/c1-15(28)27-10-7-16(19-17(27)5-4-9-22-19)23-24-20(29)26-13-11-25(12-14-26)18-6-2-3-8-21-18/h2-6,8-9H,7,10-14H2,1H3,(H,24,29)/b23-16-. The van der Waals surface area contributed by atoms with Crippen molar-refractivity contribution in [3.05, 3.63) is 48.4 Å². The van der Waals surface area contributed by atoms with E-state index in [-0.39, 0.29) is 5.91 Å². The molecule has 4 rings (SSSR count). The van der Waals surface area contributed by atoms with Crippen LogP contribution < -0.4 is 15.2 Å². The number of piperazine rings is 1. The first kappa shape index (κ1) is 19.3. The molecule has 2 aromatic heterocycles. The second kappa shape index (κ2) is 8.52. The molecular formula is C20H23N7OS. The maximum Gasteiger partial charge on any atom is 0.223 e. The molecule has 0 aromatic carbocycles. The number of fused-ring (bicyclic) bond motifs is 1. The Bertz CT molecular complexity index is 925. The highest BCUT2D eigenvalue weighted by Crippen LogP contribution is 2.25. The van der Waals surface area contributed by atoms with E-state index in [4.69, 9.17) is 12.2 Å². The van der Waals surface area contributed by atoms with E-state index in [1.165, 1.54) is 0 Å². The lowest BCUT2D eigenvalue weighted by molar-refractivity contribution is -0.116. The Hall–Kier alpha value is -3.07. The van der Waals surface area contributed by atoms with Gasteiger partial charge >= 0.3 is 0 Å². The molecule has 150 valence electrons. The summed E-state index contributed by atoms with van der Waals surface area (Å²) in [6.07, 6.45) is 4.16. The Morgan fingerprint density at radius 2 is 1.86 bits per heavy atom. The number of carbonyl (C=O) groups excluding carboxylic acids is 1. The number of rotatable bonds is 2. The van der Waals surface area contributed by atoms with Gasteiger partial charge in [0.15, 0.2) is 5.11 Å². The number of hydrogen-bond donors (Lipinski definition) is 1. The summed E-state index contributed by atoms with van der Waals surface area (Å²) in [7, 11) is 0. The number of carbonyl (C=O) groups is 1. The fourth-order valence-corrected chi connectivity index (χ4v) is 3.82. The predicted octanol–water partition coefficient (Wildman–Crippen LogP) is 1.63. The van der Waals surface area contributed by atoms with Crippen LogP contribution in [0.5, 0.6) is 0 Å². The van der Waals surface area contributed by atoms with Crippen molar-refractivity contribution in [1.29, 1.82) is 0 Å². The van der Waals surface area contributed by atoms with Crippen molar-refractivity contribution in [2.75, 3.05) is 42.5 Å². The molecule has 29 heavy (non-hydrogen) atoms. The number of aromatic nitrogens is 2. The SMILES string of the molecule is CC(=O)N1CC/C(=N/NC(=S)N2CCN(c3ccccn3)CC2)c2ncccc21. The number of nitrogens with zero attached hydrogens (tertiary/aromatic N) is 6. The average molecular weight is 410 g/mol. The van der Waals surface area contributed by atoms with E-state index < -0.39 is 0 Å². The van der Waals surface area contributed by atoms with E-state index in [2.05, 4.69) is 30.3 Å². The van der Waals surface area contributed by atoms with Crippen LogP contribution in [0.1, 0.15) is 19.0 Å². The third kappa shape index (κ3) is 4.19. The van der Waals surface area contributed by atoms with Gasteiger partial charge in [-0.25, -0.2) is 4.98 Å². The van der Waals surface area contributed by atoms with Crippen LogP contribution in [0.15, 0.2) is 47.8 Å². The van der Waals surface area contributed by atoms with Crippen LogP contribution in [0.4, 0.5) is 11.5 Å². The second-order valence-electron chi connectivity index (χ2n) is 6.93. The highest BCUT2D eigenvalue weighted by Gasteiger charge is 2.25. The lowest BCUT2D eigenvalue weighted by atomic mass is 10.1. The van der Waals surface area contributed by atoms with E-state index in [0.29, 0.717) is 18.1 Å². The topological polar surface area (TPSA) is 77.0 Å². The van der Waals surface area contributed by atoms with Crippen molar-refractivity contribution >= 4 is 40.5 Å². The summed E-state index contributed by atoms with van der Waals surface area (Å²) in [5.41, 5.74) is 5.36. The Morgan fingerprint density at radius 3 is 2.59 bits per heavy atom. The normalized spacial score (nSPS) is 17.8. The monoisotopic (exact) mass is 409 g/mol. The van der Waals surface area contributed by atoms with Gasteiger partial charge in [-0.2, -0.15) is 5.10 Å². The van der Waals surface area contributed by atoms with Crippen LogP contribution >= 0.6 is 12.2 Å². The number of hydrogen-bond acceptors (Lipinski definition) is 6. The number of anilines is 2. The van der Waals surface area contributed by atoms with Gasteiger partial charge in [0.25, 0.3) is 0 Å². The van der Waals surface area contributed by atoms with Gasteiger partial charge in [0, 0.05) is 58.5 Å². The van der Waals surface area contributed by atoms with Gasteiger partial charge in [0.1, 0.15) is 11.5 Å². The third-order valence-corrected chi connectivity index (χ3v) is 5.48. The van der Waals surface area contributed by atoms with Gasteiger partial charge in [0.2, 0.25) is 5.91 Å². The van der Waals surface area contributed by atoms with Crippen molar-refractivity contribution in [3.8, 4) is 0 Å². The van der Waals surface area contributed by atoms with Crippen molar-refractivity contribution in [3.63, 3.8) is 0 Å². The zero-order valence-electron chi connectivity index (χ0n) is 16.3. The first-order chi connectivity index (χ1) is 14.1. The highest BCUT2D eigenvalue weighted by atomic mass is 32.1. The lowest BCUT2D eigenvalue weighted by Gasteiger charge is -2.36. The summed E-state index contributed by atoms with van der Waals surface area (Å²) >= 11 is 5.55. The molecule has 0 radical (unpaired) electrons. The Morgan fingerprint density at radius 1 is 1.07 bits per heavy atom. The zero-order chi connectivity index (χ0) is 20.2. The van der Waals surface area contributed by atoms with Gasteiger partial charge in [-0.05, 0) is 36.5 Å². The van der Waals surface area contributed by atoms with Crippen LogP contribution in [0.2, 0.25) is 0 Å². The summed E-state index contributed by atoms with van der Waals surface area (Å²) in [5, 5.41) is 5.13. The summed E-state index contributed by atoms with van der Waals surface area (Å²) in [6.45, 7) is 5.47. The van der Waals surface area contributed by atoms with E-state index in [1.807, 2.05) is 36.5 Å². The quantitative estimate of drug-likeness (QED) is 0.597. The van der Waals surface area contributed by atoms with Gasteiger partial charge in [-0.15, -0.1) is 0 Å². The van der Waals surface area contributed by atoms with Gasteiger partial charge in [-0.3, -0.25) is 15.2 Å². The summed E-state index contributed by atoms with van der Waals surface area (Å²) in [5.74, 6) is 0.999. The minimum absolute atomic E-state index is 0.00700. The second-order valence-corrected chi connectivity index (χ2v) is 7.32. The first-order valence-corrected chi connectivity index (χ1v) is 10.1. The number of thiocarbonyl (C=S) groups is 1. The van der Waals surface area contributed by atoms with Crippen LogP contribution in [-0.2, 0) is 4.79 Å². The molecule has 9 heteroatoms. The molecule has 0 atom stereocenters. The maximum absolute atomic E-state index is 11.9. The van der Waals surface area contributed by atoms with Gasteiger partial charge in [0.05, 0.1) is 11.4 Å². The van der Waals surface area contributed by atoms with Crippen molar-refractivity contribution < 1.29 is 4.79 Å². The molecule has 0 unspecified atom stereocenters. The molecule has 2 aromatic rings. The molecule has 2 aliphatic rings. The minimum atomic E-state index is 0.00700. The molecule has 8 nitrogen and oxygen atoms in total. The Labute approximate surface area is 175 Å². The lowest BCUT2D eigenvalue weighted by Crippen LogP contribution is -2.51. The van der Waals surface area contributed by atoms with Crippen LogP contribution in [0.3, 0.4) is 0 Å². The molecule has 1 saturated heterocycles. The first-order valence-electron chi connectivity index (χ1n) is 9.64. The van der Waals surface area contributed by atoms with Crippen LogP contribution in [0.25, 0.3) is 0 Å². The predicted molar refractivity (Wildman–Crippen MR) is 117 cm³/mol. The fraction of sp³-hybridized carbons (Fsp3) is 0.350. The molecule has 1 amide bonds. The number of nitrogens with one attached hydrogen (secondary N) is 1. The molecule has 2 aliphatic heterocycles. The smallest absolute Gasteiger partial charge is 0.223 e. The number of hydrazone groups is 1. The minimum Gasteiger partial charge on any atom is -0.353 e. The van der Waals surface area contributed by atoms with E-state index in [0.717, 1.165) is 49.1 Å². The number of pyridine rings is 2.